The monoisotopic (exact) mass is 298 g/mol. The highest BCUT2D eigenvalue weighted by atomic mass is 16.3. The first-order valence-corrected chi connectivity index (χ1v) is 7.24. The van der Waals surface area contributed by atoms with Crippen molar-refractivity contribution in [3.63, 3.8) is 0 Å². The largest absolute Gasteiger partial charge is 0.390 e. The first-order chi connectivity index (χ1) is 10.5. The molecule has 22 heavy (non-hydrogen) atoms. The summed E-state index contributed by atoms with van der Waals surface area (Å²) < 4.78 is 0. The van der Waals surface area contributed by atoms with Crippen LogP contribution < -0.4 is 10.9 Å². The average molecular weight is 298 g/mol. The van der Waals surface area contributed by atoms with E-state index in [1.54, 1.807) is 19.9 Å². The van der Waals surface area contributed by atoms with Crippen molar-refractivity contribution in [3.05, 3.63) is 68.6 Å². The zero-order valence-corrected chi connectivity index (χ0v) is 12.5. The number of carbonyl (C=O) groups excluding carboxylic acids is 1. The number of hydrogen-bond acceptors (Lipinski definition) is 3. The van der Waals surface area contributed by atoms with Crippen molar-refractivity contribution < 1.29 is 9.90 Å². The standard InChI is InChI=1S/C17H18N2O3/c1-9-7-10(2)18-16(21)14(9)17(22)19-15-12-6-4-3-5-11(12)8-13(15)20/h3-7,13,15,20H,8H2,1-2H3,(H,18,21)(H,19,22). The van der Waals surface area contributed by atoms with Crippen LogP contribution in [-0.2, 0) is 6.42 Å². The number of benzene rings is 1. The zero-order chi connectivity index (χ0) is 15.9. The molecule has 0 saturated carbocycles. The lowest BCUT2D eigenvalue weighted by Crippen LogP contribution is -2.37. The molecule has 3 N–H and O–H groups in total. The van der Waals surface area contributed by atoms with E-state index in [1.807, 2.05) is 24.3 Å². The van der Waals surface area contributed by atoms with Crippen LogP contribution in [0.4, 0.5) is 0 Å². The number of amides is 1. The van der Waals surface area contributed by atoms with E-state index in [-0.39, 0.29) is 5.56 Å². The van der Waals surface area contributed by atoms with E-state index in [1.165, 1.54) is 0 Å². The molecule has 5 heteroatoms. The van der Waals surface area contributed by atoms with Gasteiger partial charge in [-0.05, 0) is 36.6 Å². The summed E-state index contributed by atoms with van der Waals surface area (Å²) in [6.45, 7) is 3.50. The van der Waals surface area contributed by atoms with Gasteiger partial charge in [0.2, 0.25) is 0 Å². The molecule has 1 aliphatic carbocycles. The maximum atomic E-state index is 12.5. The fourth-order valence-electron chi connectivity index (χ4n) is 3.10. The number of aryl methyl sites for hydroxylation is 2. The summed E-state index contributed by atoms with van der Waals surface area (Å²) in [6.07, 6.45) is -0.171. The van der Waals surface area contributed by atoms with Gasteiger partial charge in [0.1, 0.15) is 5.56 Å². The van der Waals surface area contributed by atoms with Gasteiger partial charge >= 0.3 is 0 Å². The Bertz CT molecular complexity index is 795. The third kappa shape index (κ3) is 2.44. The van der Waals surface area contributed by atoms with Crippen LogP contribution >= 0.6 is 0 Å². The smallest absolute Gasteiger partial charge is 0.261 e. The van der Waals surface area contributed by atoms with Crippen LogP contribution in [0.5, 0.6) is 0 Å². The molecule has 0 saturated heterocycles. The summed E-state index contributed by atoms with van der Waals surface area (Å²) in [5, 5.41) is 13.0. The van der Waals surface area contributed by atoms with Crippen molar-refractivity contribution in [3.8, 4) is 0 Å². The lowest BCUT2D eigenvalue weighted by molar-refractivity contribution is 0.0856. The predicted octanol–water partition coefficient (Wildman–Crippen LogP) is 1.38. The van der Waals surface area contributed by atoms with Gasteiger partial charge in [0.15, 0.2) is 0 Å². The summed E-state index contributed by atoms with van der Waals surface area (Å²) in [7, 11) is 0. The predicted molar refractivity (Wildman–Crippen MR) is 82.9 cm³/mol. The van der Waals surface area contributed by atoms with Gasteiger partial charge in [-0.3, -0.25) is 9.59 Å². The number of H-pyrrole nitrogens is 1. The number of hydrogen-bond donors (Lipinski definition) is 3. The van der Waals surface area contributed by atoms with Crippen LogP contribution in [0.1, 0.15) is 38.8 Å². The molecule has 1 aromatic carbocycles. The van der Waals surface area contributed by atoms with Crippen LogP contribution in [-0.4, -0.2) is 22.1 Å². The molecule has 0 fully saturated rings. The Morgan fingerprint density at radius 1 is 1.32 bits per heavy atom. The van der Waals surface area contributed by atoms with Gasteiger partial charge in [0.25, 0.3) is 11.5 Å². The second-order valence-corrected chi connectivity index (χ2v) is 5.76. The van der Waals surface area contributed by atoms with E-state index in [2.05, 4.69) is 10.3 Å². The number of aliphatic hydroxyl groups is 1. The van der Waals surface area contributed by atoms with Crippen molar-refractivity contribution >= 4 is 5.91 Å². The van der Waals surface area contributed by atoms with Crippen LogP contribution in [0.25, 0.3) is 0 Å². The molecule has 0 bridgehead atoms. The van der Waals surface area contributed by atoms with Crippen molar-refractivity contribution in [2.24, 2.45) is 0 Å². The Morgan fingerprint density at radius 2 is 2.05 bits per heavy atom. The summed E-state index contributed by atoms with van der Waals surface area (Å²) in [4.78, 5) is 27.1. The molecule has 1 heterocycles. The van der Waals surface area contributed by atoms with Crippen molar-refractivity contribution in [1.82, 2.24) is 10.3 Å². The molecule has 2 atom stereocenters. The number of nitrogens with one attached hydrogen (secondary N) is 2. The number of fused-ring (bicyclic) bond motifs is 1. The minimum absolute atomic E-state index is 0.0992. The van der Waals surface area contributed by atoms with E-state index < -0.39 is 23.6 Å². The summed E-state index contributed by atoms with van der Waals surface area (Å²) in [5.74, 6) is -0.459. The number of aliphatic hydroxyl groups excluding tert-OH is 1. The van der Waals surface area contributed by atoms with Gasteiger partial charge in [-0.2, -0.15) is 0 Å². The Hall–Kier alpha value is -2.40. The molecular weight excluding hydrogens is 280 g/mol. The first-order valence-electron chi connectivity index (χ1n) is 7.24. The zero-order valence-electron chi connectivity index (χ0n) is 12.5. The van der Waals surface area contributed by atoms with Gasteiger partial charge < -0.3 is 15.4 Å². The molecular formula is C17H18N2O3. The van der Waals surface area contributed by atoms with Gasteiger partial charge in [0.05, 0.1) is 12.1 Å². The lowest BCUT2D eigenvalue weighted by atomic mass is 10.1. The van der Waals surface area contributed by atoms with E-state index >= 15 is 0 Å². The summed E-state index contributed by atoms with van der Waals surface area (Å²) in [6, 6.07) is 8.89. The maximum Gasteiger partial charge on any atom is 0.261 e. The molecule has 2 unspecified atom stereocenters. The summed E-state index contributed by atoms with van der Waals surface area (Å²) >= 11 is 0. The molecule has 3 rings (SSSR count). The van der Waals surface area contributed by atoms with Gasteiger partial charge in [-0.25, -0.2) is 0 Å². The Kier molecular flexibility index (Phi) is 3.58. The topological polar surface area (TPSA) is 82.2 Å². The maximum absolute atomic E-state index is 12.5. The highest BCUT2D eigenvalue weighted by Crippen LogP contribution is 2.31. The molecule has 2 aromatic rings. The second kappa shape index (κ2) is 5.42. The molecule has 1 aromatic heterocycles. The molecule has 1 amide bonds. The molecule has 0 radical (unpaired) electrons. The minimum Gasteiger partial charge on any atom is -0.390 e. The number of carbonyl (C=O) groups is 1. The highest BCUT2D eigenvalue weighted by Gasteiger charge is 2.32. The lowest BCUT2D eigenvalue weighted by Gasteiger charge is -2.18. The van der Waals surface area contributed by atoms with Crippen molar-refractivity contribution in [1.29, 1.82) is 0 Å². The second-order valence-electron chi connectivity index (χ2n) is 5.76. The number of pyridine rings is 1. The highest BCUT2D eigenvalue weighted by molar-refractivity contribution is 5.95. The van der Waals surface area contributed by atoms with Crippen LogP contribution in [0.3, 0.4) is 0 Å². The summed E-state index contributed by atoms with van der Waals surface area (Å²) in [5.41, 5.74) is 2.96. The fraction of sp³-hybridized carbons (Fsp3) is 0.294. The number of aromatic amines is 1. The van der Waals surface area contributed by atoms with E-state index in [4.69, 9.17) is 0 Å². The van der Waals surface area contributed by atoms with Gasteiger partial charge in [-0.15, -0.1) is 0 Å². The van der Waals surface area contributed by atoms with Gasteiger partial charge in [-0.1, -0.05) is 24.3 Å². The van der Waals surface area contributed by atoms with Crippen LogP contribution in [0.2, 0.25) is 0 Å². The molecule has 1 aliphatic rings. The minimum atomic E-state index is -0.675. The quantitative estimate of drug-likeness (QED) is 0.783. The average Bonchev–Trinajstić information content (AvgIpc) is 2.74. The van der Waals surface area contributed by atoms with E-state index in [0.29, 0.717) is 17.7 Å². The van der Waals surface area contributed by atoms with E-state index in [9.17, 15) is 14.7 Å². The van der Waals surface area contributed by atoms with Crippen molar-refractivity contribution in [2.75, 3.05) is 0 Å². The third-order valence-electron chi connectivity index (χ3n) is 4.08. The Morgan fingerprint density at radius 3 is 2.77 bits per heavy atom. The number of rotatable bonds is 2. The molecule has 0 spiro atoms. The fourth-order valence-corrected chi connectivity index (χ4v) is 3.10. The number of aromatic nitrogens is 1. The SMILES string of the molecule is Cc1cc(C)c(C(=O)NC2c3ccccc3CC2O)c(=O)[nH]1. The van der Waals surface area contributed by atoms with E-state index in [0.717, 1.165) is 11.1 Å². The Balaban J connectivity index is 1.91. The molecule has 114 valence electrons. The molecule has 0 aliphatic heterocycles. The van der Waals surface area contributed by atoms with Gasteiger partial charge in [0, 0.05) is 12.1 Å². The first kappa shape index (κ1) is 14.5. The normalized spacial score (nSPS) is 19.8. The third-order valence-corrected chi connectivity index (χ3v) is 4.08. The molecule has 5 nitrogen and oxygen atoms in total. The van der Waals surface area contributed by atoms with Crippen LogP contribution in [0, 0.1) is 13.8 Å². The Labute approximate surface area is 128 Å². The van der Waals surface area contributed by atoms with Crippen LogP contribution in [0.15, 0.2) is 35.1 Å². The van der Waals surface area contributed by atoms with Crippen molar-refractivity contribution in [2.45, 2.75) is 32.4 Å².